The van der Waals surface area contributed by atoms with Crippen LogP contribution in [-0.4, -0.2) is 12.6 Å². The molecule has 0 N–H and O–H groups in total. The summed E-state index contributed by atoms with van der Waals surface area (Å²) in [4.78, 5) is 14.3. The van der Waals surface area contributed by atoms with Crippen molar-refractivity contribution in [2.75, 3.05) is 6.61 Å². The molecular weight excluding hydrogens is 276 g/mol. The van der Waals surface area contributed by atoms with Gasteiger partial charge >= 0.3 is 5.97 Å². The Morgan fingerprint density at radius 2 is 1.89 bits per heavy atom. The summed E-state index contributed by atoms with van der Waals surface area (Å²) in [5.74, 6) is -0.249. The summed E-state index contributed by atoms with van der Waals surface area (Å²) in [6, 6.07) is 4.08. The highest BCUT2D eigenvalue weighted by Gasteiger charge is 2.17. The van der Waals surface area contributed by atoms with Crippen molar-refractivity contribution in [1.29, 1.82) is 0 Å². The van der Waals surface area contributed by atoms with Gasteiger partial charge in [0.25, 0.3) is 0 Å². The van der Waals surface area contributed by atoms with E-state index in [1.165, 1.54) is 5.56 Å². The highest BCUT2D eigenvalue weighted by Crippen LogP contribution is 2.30. The normalized spacial score (nSPS) is 11.6. The second-order valence-corrected chi connectivity index (χ2v) is 6.04. The highest BCUT2D eigenvalue weighted by atomic mass is 32.1. The van der Waals surface area contributed by atoms with Crippen molar-refractivity contribution in [2.45, 2.75) is 20.8 Å². The molecule has 0 amide bonds. The first-order chi connectivity index (χ1) is 9.13. The maximum atomic E-state index is 12.2. The standard InChI is InChI=1S/C15H16O2S2/c1-4-17-15(16)12(14-11(3)6-8-19-14)9-13-10(2)5-7-18-13/h5-9H,4H2,1-3H3. The lowest BCUT2D eigenvalue weighted by Crippen LogP contribution is -2.06. The minimum Gasteiger partial charge on any atom is -0.462 e. The quantitative estimate of drug-likeness (QED) is 0.611. The van der Waals surface area contributed by atoms with Crippen LogP contribution in [0.3, 0.4) is 0 Å². The van der Waals surface area contributed by atoms with Gasteiger partial charge in [-0.1, -0.05) is 0 Å². The van der Waals surface area contributed by atoms with Crippen LogP contribution in [0.2, 0.25) is 0 Å². The van der Waals surface area contributed by atoms with Gasteiger partial charge in [-0.3, -0.25) is 0 Å². The average molecular weight is 292 g/mol. The molecule has 0 aliphatic carbocycles. The Balaban J connectivity index is 2.46. The van der Waals surface area contributed by atoms with Gasteiger partial charge in [0.15, 0.2) is 0 Å². The summed E-state index contributed by atoms with van der Waals surface area (Å²) in [6.45, 7) is 6.28. The van der Waals surface area contributed by atoms with Gasteiger partial charge in [0.05, 0.1) is 12.2 Å². The van der Waals surface area contributed by atoms with Crippen LogP contribution in [0.15, 0.2) is 22.9 Å². The minimum atomic E-state index is -0.249. The number of carbonyl (C=O) groups excluding carboxylic acids is 1. The number of esters is 1. The van der Waals surface area contributed by atoms with Crippen molar-refractivity contribution >= 4 is 40.3 Å². The van der Waals surface area contributed by atoms with E-state index in [2.05, 4.69) is 6.07 Å². The number of thiophene rings is 2. The Hall–Kier alpha value is -1.39. The molecule has 2 heterocycles. The van der Waals surface area contributed by atoms with Crippen LogP contribution in [0.5, 0.6) is 0 Å². The van der Waals surface area contributed by atoms with Crippen LogP contribution in [0.25, 0.3) is 11.6 Å². The van der Waals surface area contributed by atoms with Crippen molar-refractivity contribution < 1.29 is 9.53 Å². The molecule has 0 aliphatic heterocycles. The fourth-order valence-electron chi connectivity index (χ4n) is 1.74. The summed E-state index contributed by atoms with van der Waals surface area (Å²) in [5.41, 5.74) is 2.94. The lowest BCUT2D eigenvalue weighted by molar-refractivity contribution is -0.136. The van der Waals surface area contributed by atoms with Gasteiger partial charge in [-0.25, -0.2) is 4.79 Å². The van der Waals surface area contributed by atoms with E-state index in [4.69, 9.17) is 4.74 Å². The second-order valence-electron chi connectivity index (χ2n) is 4.18. The van der Waals surface area contributed by atoms with Gasteiger partial charge in [0.2, 0.25) is 0 Å². The molecule has 4 heteroatoms. The third kappa shape index (κ3) is 3.14. The van der Waals surface area contributed by atoms with Crippen LogP contribution in [0.4, 0.5) is 0 Å². The summed E-state index contributed by atoms with van der Waals surface area (Å²) in [5, 5.41) is 4.03. The summed E-state index contributed by atoms with van der Waals surface area (Å²) >= 11 is 3.21. The Kier molecular flexibility index (Phi) is 4.56. The topological polar surface area (TPSA) is 26.3 Å². The van der Waals surface area contributed by atoms with Gasteiger partial charge in [-0.15, -0.1) is 22.7 Å². The maximum absolute atomic E-state index is 12.2. The molecule has 0 fully saturated rings. The second kappa shape index (κ2) is 6.17. The molecular formula is C15H16O2S2. The molecule has 0 spiro atoms. The summed E-state index contributed by atoms with van der Waals surface area (Å²) in [6.07, 6.45) is 1.94. The molecule has 0 aromatic carbocycles. The van der Waals surface area contributed by atoms with E-state index in [-0.39, 0.29) is 5.97 Å². The molecule has 100 valence electrons. The largest absolute Gasteiger partial charge is 0.462 e. The number of ether oxygens (including phenoxy) is 1. The van der Waals surface area contributed by atoms with E-state index in [0.29, 0.717) is 12.2 Å². The van der Waals surface area contributed by atoms with E-state index >= 15 is 0 Å². The van der Waals surface area contributed by atoms with Gasteiger partial charge in [-0.2, -0.15) is 0 Å². The van der Waals surface area contributed by atoms with Crippen LogP contribution >= 0.6 is 22.7 Å². The molecule has 0 saturated carbocycles. The molecule has 2 nitrogen and oxygen atoms in total. The Morgan fingerprint density at radius 3 is 2.42 bits per heavy atom. The molecule has 2 rings (SSSR count). The Morgan fingerprint density at radius 1 is 1.21 bits per heavy atom. The maximum Gasteiger partial charge on any atom is 0.339 e. The fraction of sp³-hybridized carbons (Fsp3) is 0.267. The van der Waals surface area contributed by atoms with Crippen molar-refractivity contribution in [3.05, 3.63) is 43.8 Å². The first-order valence-corrected chi connectivity index (χ1v) is 7.86. The summed E-state index contributed by atoms with van der Waals surface area (Å²) in [7, 11) is 0. The van der Waals surface area contributed by atoms with Crippen molar-refractivity contribution in [1.82, 2.24) is 0 Å². The number of aryl methyl sites for hydroxylation is 2. The van der Waals surface area contributed by atoms with Crippen LogP contribution in [-0.2, 0) is 9.53 Å². The first-order valence-electron chi connectivity index (χ1n) is 6.11. The molecule has 0 atom stereocenters. The van der Waals surface area contributed by atoms with Crippen molar-refractivity contribution in [3.63, 3.8) is 0 Å². The molecule has 2 aromatic heterocycles. The lowest BCUT2D eigenvalue weighted by Gasteiger charge is -2.06. The van der Waals surface area contributed by atoms with Crippen molar-refractivity contribution in [3.8, 4) is 0 Å². The van der Waals surface area contributed by atoms with Crippen LogP contribution in [0, 0.1) is 13.8 Å². The van der Waals surface area contributed by atoms with Crippen molar-refractivity contribution in [2.24, 2.45) is 0 Å². The highest BCUT2D eigenvalue weighted by molar-refractivity contribution is 7.12. The van der Waals surface area contributed by atoms with Gasteiger partial charge in [0, 0.05) is 9.75 Å². The van der Waals surface area contributed by atoms with E-state index in [0.717, 1.165) is 15.3 Å². The molecule has 0 radical (unpaired) electrons. The SMILES string of the molecule is CCOC(=O)C(=Cc1sccc1C)c1sccc1C. The average Bonchev–Trinajstić information content (AvgIpc) is 2.96. The van der Waals surface area contributed by atoms with Crippen LogP contribution in [0.1, 0.15) is 27.8 Å². The van der Waals surface area contributed by atoms with E-state index < -0.39 is 0 Å². The molecule has 0 saturated heterocycles. The zero-order chi connectivity index (χ0) is 13.8. The molecule has 2 aromatic rings. The first kappa shape index (κ1) is 14.0. The number of hydrogen-bond acceptors (Lipinski definition) is 4. The van der Waals surface area contributed by atoms with E-state index in [9.17, 15) is 4.79 Å². The molecule has 0 bridgehead atoms. The Labute approximate surface area is 121 Å². The molecule has 0 aliphatic rings. The third-order valence-electron chi connectivity index (χ3n) is 2.78. The minimum absolute atomic E-state index is 0.249. The van der Waals surface area contributed by atoms with Gasteiger partial charge < -0.3 is 4.74 Å². The zero-order valence-electron chi connectivity index (χ0n) is 11.2. The summed E-state index contributed by atoms with van der Waals surface area (Å²) < 4.78 is 5.18. The van der Waals surface area contributed by atoms with E-state index in [1.54, 1.807) is 22.7 Å². The predicted octanol–water partition coefficient (Wildman–Crippen LogP) is 4.53. The Bertz CT molecular complexity index is 605. The molecule has 19 heavy (non-hydrogen) atoms. The zero-order valence-corrected chi connectivity index (χ0v) is 12.9. The fourth-order valence-corrected chi connectivity index (χ4v) is 3.53. The predicted molar refractivity (Wildman–Crippen MR) is 82.6 cm³/mol. The number of carbonyl (C=O) groups is 1. The smallest absolute Gasteiger partial charge is 0.339 e. The van der Waals surface area contributed by atoms with E-state index in [1.807, 2.05) is 43.7 Å². The number of rotatable bonds is 4. The van der Waals surface area contributed by atoms with Gasteiger partial charge in [-0.05, 0) is 60.9 Å². The lowest BCUT2D eigenvalue weighted by atomic mass is 10.1. The third-order valence-corrected chi connectivity index (χ3v) is 4.79. The molecule has 0 unspecified atom stereocenters. The monoisotopic (exact) mass is 292 g/mol. The van der Waals surface area contributed by atoms with Gasteiger partial charge in [0.1, 0.15) is 0 Å². The van der Waals surface area contributed by atoms with Crippen LogP contribution < -0.4 is 0 Å². The number of hydrogen-bond donors (Lipinski definition) is 0.